The van der Waals surface area contributed by atoms with Gasteiger partial charge in [0.2, 0.25) is 0 Å². The molecule has 4 nitrogen and oxygen atoms in total. The molecule has 1 amide bonds. The number of hydrogen-bond donors (Lipinski definition) is 1. The number of pyridine rings is 1. The molecule has 0 saturated carbocycles. The Labute approximate surface area is 123 Å². The zero-order valence-electron chi connectivity index (χ0n) is 12.1. The van der Waals surface area contributed by atoms with Gasteiger partial charge in [0.05, 0.1) is 11.9 Å². The lowest BCUT2D eigenvalue weighted by Crippen LogP contribution is -2.22. The van der Waals surface area contributed by atoms with Crippen LogP contribution in [0.3, 0.4) is 0 Å². The summed E-state index contributed by atoms with van der Waals surface area (Å²) in [7, 11) is 0. The van der Waals surface area contributed by atoms with Crippen LogP contribution in [0.1, 0.15) is 24.3 Å². The van der Waals surface area contributed by atoms with Gasteiger partial charge in [-0.1, -0.05) is 6.07 Å². The first-order chi connectivity index (χ1) is 10.1. The summed E-state index contributed by atoms with van der Waals surface area (Å²) in [6.45, 7) is 5.89. The fourth-order valence-corrected chi connectivity index (χ4v) is 2.06. The molecule has 0 aliphatic heterocycles. The quantitative estimate of drug-likeness (QED) is 0.917. The molecule has 2 aromatic rings. The number of aromatic nitrogens is 1. The first-order valence-electron chi connectivity index (χ1n) is 6.92. The zero-order chi connectivity index (χ0) is 15.2. The Morgan fingerprint density at radius 3 is 2.57 bits per heavy atom. The second-order valence-electron chi connectivity index (χ2n) is 4.54. The van der Waals surface area contributed by atoms with Gasteiger partial charge in [0.25, 0.3) is 5.91 Å². The van der Waals surface area contributed by atoms with E-state index in [0.29, 0.717) is 11.4 Å². The van der Waals surface area contributed by atoms with Gasteiger partial charge in [0.15, 0.2) is 0 Å². The molecule has 0 aliphatic rings. The zero-order valence-corrected chi connectivity index (χ0v) is 12.1. The lowest BCUT2D eigenvalue weighted by atomic mass is 10.2. The Kier molecular flexibility index (Phi) is 4.87. The van der Waals surface area contributed by atoms with Crippen LogP contribution < -0.4 is 10.2 Å². The Balaban J connectivity index is 2.09. The Hall–Kier alpha value is -2.43. The second-order valence-corrected chi connectivity index (χ2v) is 4.54. The van der Waals surface area contributed by atoms with Crippen LogP contribution in [0, 0.1) is 5.82 Å². The number of anilines is 2. The fraction of sp³-hybridized carbons (Fsp3) is 0.250. The molecular weight excluding hydrogens is 269 g/mol. The number of benzene rings is 1. The average Bonchev–Trinajstić information content (AvgIpc) is 2.49. The van der Waals surface area contributed by atoms with Gasteiger partial charge in [-0.3, -0.25) is 4.79 Å². The summed E-state index contributed by atoms with van der Waals surface area (Å²) in [5.41, 5.74) is 1.69. The van der Waals surface area contributed by atoms with Crippen molar-refractivity contribution in [2.75, 3.05) is 23.3 Å². The van der Waals surface area contributed by atoms with Gasteiger partial charge < -0.3 is 10.2 Å². The minimum Gasteiger partial charge on any atom is -0.371 e. The molecule has 110 valence electrons. The lowest BCUT2D eigenvalue weighted by Gasteiger charge is -2.20. The molecule has 1 aromatic heterocycles. The molecule has 21 heavy (non-hydrogen) atoms. The van der Waals surface area contributed by atoms with Crippen molar-refractivity contribution >= 4 is 17.3 Å². The molecule has 0 unspecified atom stereocenters. The average molecular weight is 287 g/mol. The van der Waals surface area contributed by atoms with Gasteiger partial charge >= 0.3 is 0 Å². The number of carbonyl (C=O) groups excluding carboxylic acids is 1. The van der Waals surface area contributed by atoms with Crippen molar-refractivity contribution in [1.82, 2.24) is 4.98 Å². The number of nitrogens with one attached hydrogen (secondary N) is 1. The van der Waals surface area contributed by atoms with Crippen LogP contribution in [0.5, 0.6) is 0 Å². The van der Waals surface area contributed by atoms with E-state index in [1.807, 2.05) is 6.07 Å². The van der Waals surface area contributed by atoms with Crippen molar-refractivity contribution < 1.29 is 9.18 Å². The molecule has 1 N–H and O–H groups in total. The van der Waals surface area contributed by atoms with Crippen LogP contribution in [0.2, 0.25) is 0 Å². The number of carbonyl (C=O) groups is 1. The summed E-state index contributed by atoms with van der Waals surface area (Å²) >= 11 is 0. The van der Waals surface area contributed by atoms with Gasteiger partial charge in [-0.2, -0.15) is 0 Å². The standard InChI is InChI=1S/C16H18FN3O/c1-3-20(4-2)14-8-9-15(18-11-14)16(21)19-13-7-5-6-12(17)10-13/h5-11H,3-4H2,1-2H3,(H,19,21). The lowest BCUT2D eigenvalue weighted by molar-refractivity contribution is 0.102. The van der Waals surface area contributed by atoms with E-state index in [2.05, 4.69) is 29.0 Å². The minimum absolute atomic E-state index is 0.301. The largest absolute Gasteiger partial charge is 0.371 e. The minimum atomic E-state index is -0.391. The predicted molar refractivity (Wildman–Crippen MR) is 82.2 cm³/mol. The Morgan fingerprint density at radius 2 is 2.00 bits per heavy atom. The summed E-state index contributed by atoms with van der Waals surface area (Å²) < 4.78 is 13.1. The van der Waals surface area contributed by atoms with E-state index in [1.54, 1.807) is 24.4 Å². The van der Waals surface area contributed by atoms with E-state index >= 15 is 0 Å². The molecule has 5 heteroatoms. The number of rotatable bonds is 5. The van der Waals surface area contributed by atoms with E-state index in [4.69, 9.17) is 0 Å². The molecule has 0 saturated heterocycles. The molecular formula is C16H18FN3O. The second kappa shape index (κ2) is 6.83. The maximum absolute atomic E-state index is 13.1. The van der Waals surface area contributed by atoms with Crippen LogP contribution in [0.15, 0.2) is 42.6 Å². The SMILES string of the molecule is CCN(CC)c1ccc(C(=O)Nc2cccc(F)c2)nc1. The van der Waals surface area contributed by atoms with Gasteiger partial charge in [0.1, 0.15) is 11.5 Å². The Bertz CT molecular complexity index is 609. The van der Waals surface area contributed by atoms with E-state index in [0.717, 1.165) is 18.8 Å². The Morgan fingerprint density at radius 1 is 1.24 bits per heavy atom. The molecule has 0 fully saturated rings. The van der Waals surface area contributed by atoms with Crippen LogP contribution in [-0.4, -0.2) is 24.0 Å². The summed E-state index contributed by atoms with van der Waals surface area (Å²) in [4.78, 5) is 18.3. The van der Waals surface area contributed by atoms with Crippen molar-refractivity contribution in [3.05, 3.63) is 54.1 Å². The summed E-state index contributed by atoms with van der Waals surface area (Å²) in [5.74, 6) is -0.746. The number of halogens is 1. The molecule has 1 heterocycles. The topological polar surface area (TPSA) is 45.2 Å². The number of amides is 1. The van der Waals surface area contributed by atoms with E-state index in [-0.39, 0.29) is 5.91 Å². The maximum Gasteiger partial charge on any atom is 0.274 e. The number of nitrogens with zero attached hydrogens (tertiary/aromatic N) is 2. The van der Waals surface area contributed by atoms with Crippen molar-refractivity contribution in [2.45, 2.75) is 13.8 Å². The number of hydrogen-bond acceptors (Lipinski definition) is 3. The fourth-order valence-electron chi connectivity index (χ4n) is 2.06. The highest BCUT2D eigenvalue weighted by atomic mass is 19.1. The highest BCUT2D eigenvalue weighted by Crippen LogP contribution is 2.14. The third-order valence-electron chi connectivity index (χ3n) is 3.19. The first-order valence-corrected chi connectivity index (χ1v) is 6.92. The molecule has 0 aliphatic carbocycles. The monoisotopic (exact) mass is 287 g/mol. The van der Waals surface area contributed by atoms with E-state index < -0.39 is 5.82 Å². The van der Waals surface area contributed by atoms with Crippen molar-refractivity contribution in [2.24, 2.45) is 0 Å². The van der Waals surface area contributed by atoms with Crippen LogP contribution in [-0.2, 0) is 0 Å². The first kappa shape index (κ1) is 15.0. The molecule has 0 bridgehead atoms. The van der Waals surface area contributed by atoms with E-state index in [1.165, 1.54) is 12.1 Å². The van der Waals surface area contributed by atoms with Crippen molar-refractivity contribution in [3.8, 4) is 0 Å². The molecule has 0 spiro atoms. The van der Waals surface area contributed by atoms with Crippen LogP contribution in [0.25, 0.3) is 0 Å². The summed E-state index contributed by atoms with van der Waals surface area (Å²) in [5, 5.41) is 2.62. The molecule has 0 radical (unpaired) electrons. The van der Waals surface area contributed by atoms with Gasteiger partial charge in [-0.05, 0) is 44.2 Å². The third kappa shape index (κ3) is 3.78. The van der Waals surface area contributed by atoms with Crippen LogP contribution in [0.4, 0.5) is 15.8 Å². The van der Waals surface area contributed by atoms with Gasteiger partial charge in [-0.15, -0.1) is 0 Å². The maximum atomic E-state index is 13.1. The normalized spacial score (nSPS) is 10.2. The summed E-state index contributed by atoms with van der Waals surface area (Å²) in [6, 6.07) is 9.30. The highest BCUT2D eigenvalue weighted by Gasteiger charge is 2.09. The predicted octanol–water partition coefficient (Wildman–Crippen LogP) is 3.32. The molecule has 2 rings (SSSR count). The van der Waals surface area contributed by atoms with Gasteiger partial charge in [0, 0.05) is 18.8 Å². The molecule has 1 aromatic carbocycles. The third-order valence-corrected chi connectivity index (χ3v) is 3.19. The van der Waals surface area contributed by atoms with Gasteiger partial charge in [-0.25, -0.2) is 9.37 Å². The van der Waals surface area contributed by atoms with Crippen molar-refractivity contribution in [3.63, 3.8) is 0 Å². The smallest absolute Gasteiger partial charge is 0.274 e. The van der Waals surface area contributed by atoms with E-state index in [9.17, 15) is 9.18 Å². The molecule has 0 atom stereocenters. The van der Waals surface area contributed by atoms with Crippen LogP contribution >= 0.6 is 0 Å². The highest BCUT2D eigenvalue weighted by molar-refractivity contribution is 6.02. The van der Waals surface area contributed by atoms with Crippen molar-refractivity contribution in [1.29, 1.82) is 0 Å². The summed E-state index contributed by atoms with van der Waals surface area (Å²) in [6.07, 6.45) is 1.67.